The molecule has 5 nitrogen and oxygen atoms in total. The molecule has 1 aliphatic carbocycles. The normalized spacial score (nSPS) is 13.4. The summed E-state index contributed by atoms with van der Waals surface area (Å²) in [6.07, 6.45) is 4.36. The standard InChI is InChI=1S/C21H19NO4S/c1-26-19-17(12-23)27-20-14-9-5-6-10-15(14)22(21(25)18(19)20)11-16(24)13-7-3-2-4-8-13/h2-4,7-8,12H,5-6,9-11H2,1H3. The first-order chi connectivity index (χ1) is 13.2. The summed E-state index contributed by atoms with van der Waals surface area (Å²) >= 11 is 1.31. The molecule has 6 heteroatoms. The van der Waals surface area contributed by atoms with E-state index in [0.717, 1.165) is 47.9 Å². The maximum absolute atomic E-state index is 13.3. The van der Waals surface area contributed by atoms with Crippen molar-refractivity contribution in [2.24, 2.45) is 0 Å². The number of rotatable bonds is 5. The first kappa shape index (κ1) is 17.7. The number of benzene rings is 1. The lowest BCUT2D eigenvalue weighted by Crippen LogP contribution is -2.30. The third-order valence-electron chi connectivity index (χ3n) is 5.10. The van der Waals surface area contributed by atoms with Crippen molar-refractivity contribution in [3.05, 3.63) is 62.4 Å². The van der Waals surface area contributed by atoms with Crippen LogP contribution in [0.1, 0.15) is 44.1 Å². The Bertz CT molecular complexity index is 1100. The van der Waals surface area contributed by atoms with E-state index >= 15 is 0 Å². The van der Waals surface area contributed by atoms with Crippen LogP contribution in [0.25, 0.3) is 10.1 Å². The van der Waals surface area contributed by atoms with Gasteiger partial charge < -0.3 is 9.30 Å². The highest BCUT2D eigenvalue weighted by molar-refractivity contribution is 7.21. The Morgan fingerprint density at radius 3 is 2.67 bits per heavy atom. The Morgan fingerprint density at radius 1 is 1.22 bits per heavy atom. The zero-order chi connectivity index (χ0) is 19.0. The van der Waals surface area contributed by atoms with Crippen LogP contribution >= 0.6 is 11.3 Å². The van der Waals surface area contributed by atoms with E-state index in [2.05, 4.69) is 0 Å². The van der Waals surface area contributed by atoms with Gasteiger partial charge in [0.25, 0.3) is 5.56 Å². The molecule has 0 spiro atoms. The number of fused-ring (bicyclic) bond motifs is 3. The first-order valence-corrected chi connectivity index (χ1v) is 9.75. The number of nitrogens with zero attached hydrogens (tertiary/aromatic N) is 1. The molecule has 3 aromatic rings. The van der Waals surface area contributed by atoms with E-state index in [1.807, 2.05) is 18.2 Å². The molecule has 2 heterocycles. The van der Waals surface area contributed by atoms with Crippen LogP contribution in [0.4, 0.5) is 0 Å². The van der Waals surface area contributed by atoms with Crippen LogP contribution in [-0.4, -0.2) is 23.7 Å². The highest BCUT2D eigenvalue weighted by atomic mass is 32.1. The molecule has 0 unspecified atom stereocenters. The summed E-state index contributed by atoms with van der Waals surface area (Å²) in [6, 6.07) is 9.00. The van der Waals surface area contributed by atoms with Gasteiger partial charge in [0, 0.05) is 16.0 Å². The number of ketones is 1. The Balaban J connectivity index is 1.94. The van der Waals surface area contributed by atoms with Gasteiger partial charge in [0.2, 0.25) is 0 Å². The molecule has 0 radical (unpaired) electrons. The van der Waals surface area contributed by atoms with Crippen LogP contribution < -0.4 is 10.3 Å². The zero-order valence-corrected chi connectivity index (χ0v) is 15.8. The lowest BCUT2D eigenvalue weighted by Gasteiger charge is -2.21. The fraction of sp³-hybridized carbons (Fsp3) is 0.286. The molecule has 0 saturated heterocycles. The zero-order valence-electron chi connectivity index (χ0n) is 15.0. The van der Waals surface area contributed by atoms with Crippen LogP contribution in [0.5, 0.6) is 5.75 Å². The predicted octanol–water partition coefficient (Wildman–Crippen LogP) is 3.65. The van der Waals surface area contributed by atoms with Crippen LogP contribution in [0.15, 0.2) is 35.1 Å². The third kappa shape index (κ3) is 2.90. The maximum Gasteiger partial charge on any atom is 0.263 e. The van der Waals surface area contributed by atoms with Crippen molar-refractivity contribution in [2.45, 2.75) is 32.2 Å². The summed E-state index contributed by atoms with van der Waals surface area (Å²) in [7, 11) is 1.47. The van der Waals surface area contributed by atoms with E-state index in [9.17, 15) is 14.4 Å². The molecule has 0 amide bonds. The predicted molar refractivity (Wildman–Crippen MR) is 105 cm³/mol. The van der Waals surface area contributed by atoms with Crippen LogP contribution in [0, 0.1) is 0 Å². The summed E-state index contributed by atoms with van der Waals surface area (Å²) in [5.41, 5.74) is 2.33. The Morgan fingerprint density at radius 2 is 1.96 bits per heavy atom. The van der Waals surface area contributed by atoms with Crippen molar-refractivity contribution in [2.75, 3.05) is 7.11 Å². The topological polar surface area (TPSA) is 65.4 Å². The lowest BCUT2D eigenvalue weighted by molar-refractivity contribution is 0.0969. The van der Waals surface area contributed by atoms with Gasteiger partial charge in [0.05, 0.1) is 13.7 Å². The van der Waals surface area contributed by atoms with Crippen molar-refractivity contribution >= 4 is 33.5 Å². The van der Waals surface area contributed by atoms with E-state index in [-0.39, 0.29) is 17.9 Å². The van der Waals surface area contributed by atoms with Crippen molar-refractivity contribution in [1.29, 1.82) is 0 Å². The molecule has 27 heavy (non-hydrogen) atoms. The van der Waals surface area contributed by atoms with Gasteiger partial charge in [0.1, 0.15) is 10.3 Å². The fourth-order valence-corrected chi connectivity index (χ4v) is 5.01. The molecule has 0 bridgehead atoms. The molecular formula is C21H19NO4S. The Kier molecular flexibility index (Phi) is 4.66. The molecule has 2 aromatic heterocycles. The van der Waals surface area contributed by atoms with Crippen LogP contribution in [0.3, 0.4) is 0 Å². The van der Waals surface area contributed by atoms with Crippen molar-refractivity contribution < 1.29 is 14.3 Å². The number of aldehydes is 1. The fourth-order valence-electron chi connectivity index (χ4n) is 3.84. The highest BCUT2D eigenvalue weighted by Gasteiger charge is 2.26. The van der Waals surface area contributed by atoms with Crippen LogP contribution in [0.2, 0.25) is 0 Å². The van der Waals surface area contributed by atoms with E-state index in [1.165, 1.54) is 18.4 Å². The average Bonchev–Trinajstić information content (AvgIpc) is 3.10. The van der Waals surface area contributed by atoms with Gasteiger partial charge in [-0.05, 0) is 31.2 Å². The van der Waals surface area contributed by atoms with Crippen molar-refractivity contribution in [3.63, 3.8) is 0 Å². The molecule has 0 saturated carbocycles. The van der Waals surface area contributed by atoms with Crippen molar-refractivity contribution in [1.82, 2.24) is 4.57 Å². The number of hydrogen-bond acceptors (Lipinski definition) is 5. The van der Waals surface area contributed by atoms with Gasteiger partial charge in [0.15, 0.2) is 17.8 Å². The van der Waals surface area contributed by atoms with E-state index in [0.29, 0.717) is 21.6 Å². The van der Waals surface area contributed by atoms with Gasteiger partial charge in [-0.25, -0.2) is 0 Å². The number of aromatic nitrogens is 1. The van der Waals surface area contributed by atoms with Crippen LogP contribution in [-0.2, 0) is 19.4 Å². The third-order valence-corrected chi connectivity index (χ3v) is 6.25. The van der Waals surface area contributed by atoms with Gasteiger partial charge in [-0.1, -0.05) is 30.3 Å². The largest absolute Gasteiger partial charge is 0.494 e. The summed E-state index contributed by atoms with van der Waals surface area (Å²) in [5, 5.41) is 0.422. The minimum absolute atomic E-state index is 0.00343. The molecule has 1 aromatic carbocycles. The van der Waals surface area contributed by atoms with Crippen molar-refractivity contribution in [3.8, 4) is 5.75 Å². The number of carbonyl (C=O) groups excluding carboxylic acids is 2. The van der Waals surface area contributed by atoms with Gasteiger partial charge in [-0.15, -0.1) is 11.3 Å². The van der Waals surface area contributed by atoms with Gasteiger partial charge >= 0.3 is 0 Å². The second kappa shape index (κ2) is 7.12. The average molecular weight is 381 g/mol. The summed E-state index contributed by atoms with van der Waals surface area (Å²) < 4.78 is 7.81. The minimum Gasteiger partial charge on any atom is -0.494 e. The smallest absolute Gasteiger partial charge is 0.263 e. The lowest BCUT2D eigenvalue weighted by atomic mass is 9.94. The molecule has 0 aliphatic heterocycles. The number of Topliss-reactive ketones (excluding diaryl/α,β-unsaturated/α-hetero) is 1. The Hall–Kier alpha value is -2.73. The summed E-state index contributed by atoms with van der Waals surface area (Å²) in [6.45, 7) is -0.00343. The van der Waals surface area contributed by atoms with E-state index in [4.69, 9.17) is 4.74 Å². The monoisotopic (exact) mass is 381 g/mol. The molecule has 0 N–H and O–H groups in total. The maximum atomic E-state index is 13.3. The van der Waals surface area contributed by atoms with E-state index < -0.39 is 0 Å². The quantitative estimate of drug-likeness (QED) is 0.500. The molecule has 4 rings (SSSR count). The second-order valence-corrected chi connectivity index (χ2v) is 7.69. The molecular weight excluding hydrogens is 362 g/mol. The summed E-state index contributed by atoms with van der Waals surface area (Å²) in [4.78, 5) is 37.9. The van der Waals surface area contributed by atoms with Gasteiger partial charge in [-0.2, -0.15) is 0 Å². The molecule has 0 atom stereocenters. The first-order valence-electron chi connectivity index (χ1n) is 8.94. The van der Waals surface area contributed by atoms with Gasteiger partial charge in [-0.3, -0.25) is 14.4 Å². The van der Waals surface area contributed by atoms with E-state index in [1.54, 1.807) is 16.7 Å². The number of pyridine rings is 1. The molecule has 0 fully saturated rings. The number of thiophene rings is 1. The Labute approximate surface area is 160 Å². The SMILES string of the molecule is COc1c(C=O)sc2c3c(n(CC(=O)c4ccccc4)c(=O)c12)CCCC3. The highest BCUT2D eigenvalue weighted by Crippen LogP contribution is 2.39. The number of ether oxygens (including phenoxy) is 1. The number of methoxy groups -OCH3 is 1. The molecule has 1 aliphatic rings. The number of hydrogen-bond donors (Lipinski definition) is 0. The number of aryl methyl sites for hydroxylation is 1. The molecule has 138 valence electrons. The minimum atomic E-state index is -0.254. The number of carbonyl (C=O) groups is 2. The second-order valence-electron chi connectivity index (χ2n) is 6.63. The summed E-state index contributed by atoms with van der Waals surface area (Å²) in [5.74, 6) is 0.221.